The lowest BCUT2D eigenvalue weighted by molar-refractivity contribution is -0.142. The highest BCUT2D eigenvalue weighted by Gasteiger charge is 2.35. The largest absolute Gasteiger partial charge is 0.480 e. The van der Waals surface area contributed by atoms with Crippen molar-refractivity contribution in [3.05, 3.63) is 0 Å². The van der Waals surface area contributed by atoms with Crippen molar-refractivity contribution >= 4 is 88.9 Å². The maximum atomic E-state index is 14.6. The van der Waals surface area contributed by atoms with Gasteiger partial charge in [-0.1, -0.05) is 0 Å². The second kappa shape index (κ2) is 45.3. The third kappa shape index (κ3) is 37.8. The number of hydrogen-bond acceptors (Lipinski definition) is 18. The Kier molecular flexibility index (Phi) is 40.6. The molecule has 0 bridgehead atoms. The van der Waals surface area contributed by atoms with E-state index in [1.807, 2.05) is 0 Å². The van der Waals surface area contributed by atoms with Gasteiger partial charge in [0.25, 0.3) is 0 Å². The zero-order valence-electron chi connectivity index (χ0n) is 49.4. The molecule has 0 aliphatic carbocycles. The Labute approximate surface area is 504 Å². The van der Waals surface area contributed by atoms with Crippen molar-refractivity contribution < 1.29 is 53.1 Å². The summed E-state index contributed by atoms with van der Waals surface area (Å²) in [4.78, 5) is 156. The molecule has 38 nitrogen and oxygen atoms in total. The van der Waals surface area contributed by atoms with Gasteiger partial charge in [-0.3, -0.25) is 68.1 Å². The molecule has 494 valence electrons. The molecule has 87 heavy (non-hydrogen) atoms. The van der Waals surface area contributed by atoms with Crippen LogP contribution < -0.4 is 123 Å². The Morgan fingerprint density at radius 1 is 0.299 bits per heavy atom. The van der Waals surface area contributed by atoms with Crippen molar-refractivity contribution in [2.75, 3.05) is 52.4 Å². The van der Waals surface area contributed by atoms with Gasteiger partial charge >= 0.3 is 5.97 Å². The smallest absolute Gasteiger partial charge is 0.326 e. The Bertz CT molecular complexity index is 2340. The maximum Gasteiger partial charge on any atom is 0.326 e. The van der Waals surface area contributed by atoms with Gasteiger partial charge in [0.05, 0.1) is 6.54 Å². The Hall–Kier alpha value is -9.07. The summed E-state index contributed by atoms with van der Waals surface area (Å²) in [6, 6.07) is -11.5. The van der Waals surface area contributed by atoms with Crippen LogP contribution in [0.3, 0.4) is 0 Å². The summed E-state index contributed by atoms with van der Waals surface area (Å²) < 4.78 is 0. The minimum Gasteiger partial charge on any atom is -0.480 e. The van der Waals surface area contributed by atoms with Gasteiger partial charge in [-0.05, 0) is 122 Å². The number of aliphatic carboxylic acids is 1. The summed E-state index contributed by atoms with van der Waals surface area (Å²) in [6.45, 7) is 0.0429. The van der Waals surface area contributed by atoms with Crippen molar-refractivity contribution in [1.29, 1.82) is 0 Å². The molecule has 0 aromatic rings. The first-order chi connectivity index (χ1) is 41.1. The minimum absolute atomic E-state index is 0.0222. The molecule has 0 heterocycles. The quantitative estimate of drug-likeness (QED) is 0.0153. The summed E-state index contributed by atoms with van der Waals surface area (Å²) in [6.07, 6.45) is 0.450. The number of carboxylic acid groups (broad SMARTS) is 1. The van der Waals surface area contributed by atoms with Crippen LogP contribution in [0.15, 0.2) is 25.0 Å². The first-order valence-corrected chi connectivity index (χ1v) is 28.5. The normalized spacial score (nSPS) is 13.5. The monoisotopic (exact) mass is 1240 g/mol. The van der Waals surface area contributed by atoms with Crippen LogP contribution >= 0.6 is 0 Å². The number of nitrogens with one attached hydrogen (secondary N) is 8. The molecule has 0 aromatic heterocycles. The average Bonchev–Trinajstić information content (AvgIpc) is 3.50. The van der Waals surface area contributed by atoms with Crippen LogP contribution in [0.1, 0.15) is 116 Å². The van der Waals surface area contributed by atoms with Gasteiger partial charge in [-0.25, -0.2) is 4.79 Å². The third-order valence-corrected chi connectivity index (χ3v) is 12.5. The van der Waals surface area contributed by atoms with Crippen LogP contribution in [0.2, 0.25) is 0 Å². The molecule has 0 spiro atoms. The number of aliphatic imine (C=N–C) groups is 5. The number of hydrogen-bond donors (Lipinski definition) is 23. The lowest BCUT2D eigenvalue weighted by Gasteiger charge is -2.28. The van der Waals surface area contributed by atoms with Gasteiger partial charge in [0.1, 0.15) is 48.3 Å². The summed E-state index contributed by atoms with van der Waals surface area (Å²) in [5.74, 6) is -10.6. The van der Waals surface area contributed by atoms with Crippen LogP contribution in [-0.2, 0) is 47.9 Å². The number of primary amides is 1. The van der Waals surface area contributed by atoms with E-state index in [0.29, 0.717) is 25.7 Å². The van der Waals surface area contributed by atoms with Crippen LogP contribution in [0, 0.1) is 0 Å². The fourth-order valence-corrected chi connectivity index (χ4v) is 8.09. The lowest BCUT2D eigenvalue weighted by atomic mass is 10.0. The molecule has 0 radical (unpaired) electrons. The van der Waals surface area contributed by atoms with Crippen LogP contribution in [0.4, 0.5) is 0 Å². The molecule has 37 N–H and O–H groups in total. The van der Waals surface area contributed by atoms with Gasteiger partial charge in [0.2, 0.25) is 53.2 Å². The fraction of sp³-hybridized carbons (Fsp3) is 0.694. The SMILES string of the molecule is NCCCC[C@H](NC(=O)[C@H](CCCN=C(N)N)NC(=O)CN)C(=O)N[C@@H](CCCCN)C(=O)N[C@@H](CCCN=C(N)N)C(=O)N[C@@H](CCCN=C(N)N)C(=O)N[C@@H](CCC(N)=O)C(=O)N[C@@H](CCCN=C(N)N)C(=O)N[C@@H](CCCN=C(N)N)C(=O)O. The van der Waals surface area contributed by atoms with E-state index in [2.05, 4.69) is 67.5 Å². The average molecular weight is 1240 g/mol. The van der Waals surface area contributed by atoms with Crippen molar-refractivity contribution in [2.45, 2.75) is 164 Å². The van der Waals surface area contributed by atoms with E-state index < -0.39 is 127 Å². The first-order valence-electron chi connectivity index (χ1n) is 28.5. The van der Waals surface area contributed by atoms with Crippen molar-refractivity contribution in [3.8, 4) is 0 Å². The second-order valence-corrected chi connectivity index (χ2v) is 19.9. The van der Waals surface area contributed by atoms with Gasteiger partial charge < -0.3 is 128 Å². The van der Waals surface area contributed by atoms with E-state index in [9.17, 15) is 53.1 Å². The number of carbonyl (C=O) groups is 10. The number of amides is 9. The topological polar surface area (TPSA) is 713 Å². The predicted octanol–water partition coefficient (Wildman–Crippen LogP) is -10.3. The maximum absolute atomic E-state index is 14.6. The molecule has 0 aliphatic heterocycles. The number of rotatable bonds is 48. The summed E-state index contributed by atoms with van der Waals surface area (Å²) in [5.41, 5.74) is 77.2. The van der Waals surface area contributed by atoms with Crippen LogP contribution in [-0.4, -0.2) is 195 Å². The number of carbonyl (C=O) groups excluding carboxylic acids is 9. The van der Waals surface area contributed by atoms with Crippen molar-refractivity contribution in [2.24, 2.45) is 105 Å². The number of unbranched alkanes of at least 4 members (excludes halogenated alkanes) is 2. The first kappa shape index (κ1) is 77.9. The zero-order chi connectivity index (χ0) is 65.9. The summed E-state index contributed by atoms with van der Waals surface area (Å²) >= 11 is 0. The van der Waals surface area contributed by atoms with Crippen LogP contribution in [0.25, 0.3) is 0 Å². The van der Waals surface area contributed by atoms with E-state index in [1.165, 1.54) is 0 Å². The van der Waals surface area contributed by atoms with E-state index in [0.717, 1.165) is 0 Å². The number of guanidine groups is 5. The molecule has 0 aromatic carbocycles. The molecule has 0 saturated carbocycles. The van der Waals surface area contributed by atoms with Gasteiger partial charge in [0.15, 0.2) is 29.8 Å². The van der Waals surface area contributed by atoms with E-state index >= 15 is 0 Å². The lowest BCUT2D eigenvalue weighted by Crippen LogP contribution is -2.60. The molecule has 0 saturated heterocycles. The molecular formula is C49H97N27O11. The third-order valence-electron chi connectivity index (χ3n) is 12.5. The molecular weight excluding hydrogens is 1140 g/mol. The van der Waals surface area contributed by atoms with E-state index in [1.54, 1.807) is 0 Å². The number of nitrogens with two attached hydrogens (primary N) is 14. The highest BCUT2D eigenvalue weighted by Crippen LogP contribution is 2.12. The standard InChI is InChI=1S/C49H97N27O11/c50-19-3-1-10-28(70-37(79)27(69-36(78)26-52)12-5-21-64-45(54)55)38(80)71-29(11-2-4-20-51)39(81)72-30(13-6-22-65-46(56)57)40(82)73-31(14-7-23-66-47(58)59)41(83)75-33(17-18-35(53)77)43(85)74-32(15-8-24-67-48(60)61)42(84)76-34(44(86)87)16-9-25-68-49(62)63/h27-34H,1-26,50-52H2,(H2,53,77)(H,69,78)(H,70,79)(H,71,80)(H,72,81)(H,73,82)(H,74,85)(H,75,83)(H,76,84)(H,86,87)(H4,54,55,64)(H4,56,57,65)(H4,58,59,66)(H4,60,61,67)(H4,62,63,68)/t27-,28-,29-,30-,31-,32-,33-,34-/m0/s1. The Morgan fingerprint density at radius 2 is 0.517 bits per heavy atom. The van der Waals surface area contributed by atoms with E-state index in [-0.39, 0.29) is 153 Å². The summed E-state index contributed by atoms with van der Waals surface area (Å²) in [7, 11) is 0. The predicted molar refractivity (Wildman–Crippen MR) is 326 cm³/mol. The molecule has 0 unspecified atom stereocenters. The Morgan fingerprint density at radius 3 is 0.736 bits per heavy atom. The molecule has 8 atom stereocenters. The highest BCUT2D eigenvalue weighted by molar-refractivity contribution is 5.98. The van der Waals surface area contributed by atoms with Crippen LogP contribution in [0.5, 0.6) is 0 Å². The molecule has 0 fully saturated rings. The molecule has 0 rings (SSSR count). The molecule has 9 amide bonds. The Balaban J connectivity index is 7.32. The van der Waals surface area contributed by atoms with Gasteiger partial charge in [-0.2, -0.15) is 0 Å². The van der Waals surface area contributed by atoms with Crippen molar-refractivity contribution in [3.63, 3.8) is 0 Å². The van der Waals surface area contributed by atoms with E-state index in [4.69, 9.17) is 80.3 Å². The van der Waals surface area contributed by atoms with Gasteiger partial charge in [-0.15, -0.1) is 0 Å². The fourth-order valence-electron chi connectivity index (χ4n) is 8.09. The molecule has 0 aliphatic rings. The number of nitrogens with zero attached hydrogens (tertiary/aromatic N) is 5. The van der Waals surface area contributed by atoms with Crippen molar-refractivity contribution in [1.82, 2.24) is 42.5 Å². The molecule has 38 heteroatoms. The summed E-state index contributed by atoms with van der Waals surface area (Å²) in [5, 5.41) is 30.4. The zero-order valence-corrected chi connectivity index (χ0v) is 49.4. The van der Waals surface area contributed by atoms with Gasteiger partial charge in [0, 0.05) is 39.1 Å². The highest BCUT2D eigenvalue weighted by atomic mass is 16.4. The number of carboxylic acids is 1. The minimum atomic E-state index is -1.65. The second-order valence-electron chi connectivity index (χ2n) is 19.9.